The predicted octanol–water partition coefficient (Wildman–Crippen LogP) is 2.42. The molecule has 1 aliphatic heterocycles. The number of carbonyl (C=O) groups excluding carboxylic acids is 1. The first-order chi connectivity index (χ1) is 9.15. The van der Waals surface area contributed by atoms with Crippen molar-refractivity contribution >= 4 is 11.9 Å². The molecule has 19 heavy (non-hydrogen) atoms. The number of rotatable bonds is 2. The molecule has 0 spiro atoms. The molecule has 2 atom stereocenters. The van der Waals surface area contributed by atoms with Gasteiger partial charge in [-0.25, -0.2) is 0 Å². The Morgan fingerprint density at radius 1 is 1.00 bits per heavy atom. The van der Waals surface area contributed by atoms with Crippen LogP contribution in [-0.4, -0.2) is 34.5 Å². The van der Waals surface area contributed by atoms with Gasteiger partial charge in [-0.2, -0.15) is 0 Å². The molecule has 0 aromatic carbocycles. The molecule has 0 bridgehead atoms. The second-order valence-electron chi connectivity index (χ2n) is 6.49. The first kappa shape index (κ1) is 12.9. The molecule has 3 fully saturated rings. The SMILES string of the molecule is O=C(O)C1(C(=O)N2CCC[C@H]3CCCC[C@H]32)CCC1. The number of hydrogen-bond donors (Lipinski definition) is 1. The Balaban J connectivity index is 1.80. The van der Waals surface area contributed by atoms with Crippen LogP contribution >= 0.6 is 0 Å². The van der Waals surface area contributed by atoms with E-state index >= 15 is 0 Å². The standard InChI is InChI=1S/C15H23NO3/c17-13(15(14(18)19)8-4-9-15)16-10-3-6-11-5-1-2-7-12(11)16/h11-12H,1-10H2,(H,18,19)/t11-,12-/m1/s1. The van der Waals surface area contributed by atoms with E-state index in [-0.39, 0.29) is 5.91 Å². The molecule has 0 aromatic rings. The number of aliphatic carboxylic acids is 1. The molecule has 0 aromatic heterocycles. The van der Waals surface area contributed by atoms with Crippen molar-refractivity contribution in [3.63, 3.8) is 0 Å². The maximum atomic E-state index is 12.7. The van der Waals surface area contributed by atoms with Crippen LogP contribution in [0.25, 0.3) is 0 Å². The van der Waals surface area contributed by atoms with E-state index in [4.69, 9.17) is 0 Å². The lowest BCUT2D eigenvalue weighted by Gasteiger charge is -2.48. The van der Waals surface area contributed by atoms with Gasteiger partial charge in [0.15, 0.2) is 0 Å². The predicted molar refractivity (Wildman–Crippen MR) is 70.6 cm³/mol. The van der Waals surface area contributed by atoms with Gasteiger partial charge in [0.25, 0.3) is 0 Å². The molecule has 3 rings (SSSR count). The molecule has 2 aliphatic carbocycles. The van der Waals surface area contributed by atoms with Crippen molar-refractivity contribution in [3.05, 3.63) is 0 Å². The number of nitrogens with zero attached hydrogens (tertiary/aromatic N) is 1. The van der Waals surface area contributed by atoms with Gasteiger partial charge in [-0.3, -0.25) is 9.59 Å². The van der Waals surface area contributed by atoms with Gasteiger partial charge >= 0.3 is 5.97 Å². The van der Waals surface area contributed by atoms with E-state index in [0.29, 0.717) is 24.8 Å². The Bertz CT molecular complexity index is 387. The first-order valence-corrected chi connectivity index (χ1v) is 7.70. The molecule has 1 saturated heterocycles. The van der Waals surface area contributed by atoms with Gasteiger partial charge in [-0.1, -0.05) is 19.3 Å². The van der Waals surface area contributed by atoms with Gasteiger partial charge in [0.05, 0.1) is 0 Å². The van der Waals surface area contributed by atoms with E-state index in [1.54, 1.807) is 0 Å². The highest BCUT2D eigenvalue weighted by Gasteiger charge is 2.54. The van der Waals surface area contributed by atoms with Crippen LogP contribution in [0.4, 0.5) is 0 Å². The smallest absolute Gasteiger partial charge is 0.319 e. The lowest BCUT2D eigenvalue weighted by Crippen LogP contribution is -2.58. The Kier molecular flexibility index (Phi) is 3.27. The number of hydrogen-bond acceptors (Lipinski definition) is 2. The van der Waals surface area contributed by atoms with Crippen LogP contribution in [0, 0.1) is 11.3 Å². The average Bonchev–Trinajstić information content (AvgIpc) is 2.36. The molecule has 1 amide bonds. The first-order valence-electron chi connectivity index (χ1n) is 7.70. The summed E-state index contributed by atoms with van der Waals surface area (Å²) in [4.78, 5) is 26.2. The van der Waals surface area contributed by atoms with Gasteiger partial charge in [-0.05, 0) is 44.4 Å². The number of piperidine rings is 1. The van der Waals surface area contributed by atoms with Crippen molar-refractivity contribution in [1.29, 1.82) is 0 Å². The Morgan fingerprint density at radius 2 is 1.68 bits per heavy atom. The lowest BCUT2D eigenvalue weighted by atomic mass is 9.66. The highest BCUT2D eigenvalue weighted by Crippen LogP contribution is 2.45. The van der Waals surface area contributed by atoms with Crippen molar-refractivity contribution in [1.82, 2.24) is 4.90 Å². The number of carboxylic acids is 1. The number of carbonyl (C=O) groups is 2. The number of amides is 1. The van der Waals surface area contributed by atoms with Crippen LogP contribution in [-0.2, 0) is 9.59 Å². The van der Waals surface area contributed by atoms with Crippen molar-refractivity contribution in [2.75, 3.05) is 6.54 Å². The summed E-state index contributed by atoms with van der Waals surface area (Å²) in [6.45, 7) is 0.773. The van der Waals surface area contributed by atoms with Gasteiger partial charge < -0.3 is 10.0 Å². The molecule has 4 heteroatoms. The number of carboxylic acid groups (broad SMARTS) is 1. The summed E-state index contributed by atoms with van der Waals surface area (Å²) >= 11 is 0. The van der Waals surface area contributed by atoms with Gasteiger partial charge in [0.1, 0.15) is 5.41 Å². The van der Waals surface area contributed by atoms with E-state index in [1.165, 1.54) is 25.7 Å². The van der Waals surface area contributed by atoms with Crippen LogP contribution in [0.1, 0.15) is 57.8 Å². The minimum Gasteiger partial charge on any atom is -0.480 e. The van der Waals surface area contributed by atoms with E-state index in [0.717, 1.165) is 25.8 Å². The highest BCUT2D eigenvalue weighted by atomic mass is 16.4. The second kappa shape index (κ2) is 4.80. The molecule has 0 unspecified atom stereocenters. The summed E-state index contributed by atoms with van der Waals surface area (Å²) in [5.74, 6) is -0.359. The van der Waals surface area contributed by atoms with Gasteiger partial charge in [0.2, 0.25) is 5.91 Å². The fourth-order valence-corrected chi connectivity index (χ4v) is 4.20. The fourth-order valence-electron chi connectivity index (χ4n) is 4.20. The quantitative estimate of drug-likeness (QED) is 0.780. The highest BCUT2D eigenvalue weighted by molar-refractivity contribution is 6.03. The second-order valence-corrected chi connectivity index (χ2v) is 6.49. The van der Waals surface area contributed by atoms with E-state index in [9.17, 15) is 14.7 Å². The third-order valence-electron chi connectivity index (χ3n) is 5.53. The van der Waals surface area contributed by atoms with E-state index in [2.05, 4.69) is 0 Å². The summed E-state index contributed by atoms with van der Waals surface area (Å²) in [6, 6.07) is 0.326. The average molecular weight is 265 g/mol. The van der Waals surface area contributed by atoms with Crippen molar-refractivity contribution in [2.24, 2.45) is 11.3 Å². The van der Waals surface area contributed by atoms with Crippen LogP contribution in [0.5, 0.6) is 0 Å². The van der Waals surface area contributed by atoms with Crippen molar-refractivity contribution < 1.29 is 14.7 Å². The molecule has 106 valence electrons. The van der Waals surface area contributed by atoms with Crippen LogP contribution < -0.4 is 0 Å². The zero-order valence-electron chi connectivity index (χ0n) is 11.4. The summed E-state index contributed by atoms with van der Waals surface area (Å²) in [5, 5.41) is 9.43. The molecular weight excluding hydrogens is 242 g/mol. The Labute approximate surface area is 114 Å². The largest absolute Gasteiger partial charge is 0.480 e. The fraction of sp³-hybridized carbons (Fsp3) is 0.867. The molecule has 1 heterocycles. The molecule has 4 nitrogen and oxygen atoms in total. The van der Waals surface area contributed by atoms with Crippen LogP contribution in [0.15, 0.2) is 0 Å². The summed E-state index contributed by atoms with van der Waals surface area (Å²) < 4.78 is 0. The maximum absolute atomic E-state index is 12.7. The van der Waals surface area contributed by atoms with Crippen molar-refractivity contribution in [3.8, 4) is 0 Å². The Morgan fingerprint density at radius 3 is 2.32 bits per heavy atom. The summed E-state index contributed by atoms with van der Waals surface area (Å²) in [6.07, 6.45) is 8.96. The third-order valence-corrected chi connectivity index (χ3v) is 5.53. The molecule has 1 N–H and O–H groups in total. The molecular formula is C15H23NO3. The number of likely N-dealkylation sites (tertiary alicyclic amines) is 1. The van der Waals surface area contributed by atoms with Crippen molar-refractivity contribution in [2.45, 2.75) is 63.8 Å². The molecule has 2 saturated carbocycles. The van der Waals surface area contributed by atoms with Crippen LogP contribution in [0.2, 0.25) is 0 Å². The molecule has 0 radical (unpaired) electrons. The topological polar surface area (TPSA) is 57.6 Å². The number of fused-ring (bicyclic) bond motifs is 1. The van der Waals surface area contributed by atoms with Crippen LogP contribution in [0.3, 0.4) is 0 Å². The zero-order valence-corrected chi connectivity index (χ0v) is 11.4. The molecule has 3 aliphatic rings. The summed E-state index contributed by atoms with van der Waals surface area (Å²) in [7, 11) is 0. The maximum Gasteiger partial charge on any atom is 0.319 e. The van der Waals surface area contributed by atoms with Gasteiger partial charge in [0, 0.05) is 12.6 Å². The minimum atomic E-state index is -1.07. The zero-order chi connectivity index (χ0) is 13.5. The Hall–Kier alpha value is -1.06. The summed E-state index contributed by atoms with van der Waals surface area (Å²) in [5.41, 5.74) is -1.07. The van der Waals surface area contributed by atoms with E-state index in [1.807, 2.05) is 4.90 Å². The minimum absolute atomic E-state index is 0.0807. The normalized spacial score (nSPS) is 33.2. The lowest BCUT2D eigenvalue weighted by molar-refractivity contribution is -0.170. The monoisotopic (exact) mass is 265 g/mol. The van der Waals surface area contributed by atoms with E-state index < -0.39 is 11.4 Å². The van der Waals surface area contributed by atoms with Gasteiger partial charge in [-0.15, -0.1) is 0 Å². The third kappa shape index (κ3) is 1.96.